The molecule has 0 unspecified atom stereocenters. The molecule has 0 radical (unpaired) electrons. The van der Waals surface area contributed by atoms with Gasteiger partial charge in [-0.1, -0.05) is 36.4 Å². The van der Waals surface area contributed by atoms with E-state index in [1.165, 1.54) is 22.4 Å². The first-order valence-electron chi connectivity index (χ1n) is 9.55. The molecular weight excluding hydrogens is 334 g/mol. The van der Waals surface area contributed by atoms with Crippen LogP contribution in [-0.4, -0.2) is 32.9 Å². The number of nitrogens with one attached hydrogen (secondary N) is 1. The van der Waals surface area contributed by atoms with Crippen LogP contribution in [0.25, 0.3) is 0 Å². The molecule has 3 heterocycles. The zero-order chi connectivity index (χ0) is 18.5. The fourth-order valence-corrected chi connectivity index (χ4v) is 3.64. The summed E-state index contributed by atoms with van der Waals surface area (Å²) < 4.78 is 0. The summed E-state index contributed by atoms with van der Waals surface area (Å²) in [7, 11) is 0. The van der Waals surface area contributed by atoms with E-state index in [1.54, 1.807) is 6.33 Å². The molecule has 0 amide bonds. The summed E-state index contributed by atoms with van der Waals surface area (Å²) in [5.74, 6) is 0.972. The Hall–Kier alpha value is -2.79. The molecule has 138 valence electrons. The van der Waals surface area contributed by atoms with E-state index < -0.39 is 0 Å². The van der Waals surface area contributed by atoms with Crippen molar-refractivity contribution in [1.29, 1.82) is 0 Å². The van der Waals surface area contributed by atoms with Gasteiger partial charge in [-0.25, -0.2) is 9.97 Å². The third-order valence-electron chi connectivity index (χ3n) is 5.16. The molecular formula is C22H25N5. The molecule has 0 saturated heterocycles. The first-order valence-corrected chi connectivity index (χ1v) is 9.55. The summed E-state index contributed by atoms with van der Waals surface area (Å²) in [6.07, 6.45) is 7.37. The van der Waals surface area contributed by atoms with E-state index in [9.17, 15) is 0 Å². The molecule has 3 aromatic rings. The van der Waals surface area contributed by atoms with Crippen LogP contribution in [0.2, 0.25) is 0 Å². The molecule has 0 bridgehead atoms. The van der Waals surface area contributed by atoms with Gasteiger partial charge in [0.2, 0.25) is 0 Å². The molecule has 0 aliphatic carbocycles. The van der Waals surface area contributed by atoms with Crippen molar-refractivity contribution in [1.82, 2.24) is 19.9 Å². The summed E-state index contributed by atoms with van der Waals surface area (Å²) in [6.45, 7) is 5.12. The molecule has 1 atom stereocenters. The van der Waals surface area contributed by atoms with Crippen molar-refractivity contribution in [3.63, 3.8) is 0 Å². The predicted octanol–water partition coefficient (Wildman–Crippen LogP) is 3.65. The number of pyridine rings is 1. The molecule has 5 nitrogen and oxygen atoms in total. The maximum absolute atomic E-state index is 4.57. The highest BCUT2D eigenvalue weighted by atomic mass is 15.1. The minimum absolute atomic E-state index is 0.208. The van der Waals surface area contributed by atoms with Crippen LogP contribution in [0.3, 0.4) is 0 Å². The van der Waals surface area contributed by atoms with Crippen LogP contribution in [0.15, 0.2) is 61.2 Å². The van der Waals surface area contributed by atoms with Gasteiger partial charge in [0, 0.05) is 50.1 Å². The lowest BCUT2D eigenvalue weighted by Crippen LogP contribution is -2.26. The Bertz CT molecular complexity index is 866. The standard InChI is InChI=1S/C22H25N5/c1-17(19-7-3-2-4-8-19)26-22-20-9-12-27(13-10-21(20)24-16-25-22)15-18-6-5-11-23-14-18/h2-8,11,14,16-17H,9-10,12-13,15H2,1H3,(H,24,25,26)/t17-/m0/s1. The lowest BCUT2D eigenvalue weighted by molar-refractivity contribution is 0.278. The Balaban J connectivity index is 1.48. The van der Waals surface area contributed by atoms with Gasteiger partial charge in [0.15, 0.2) is 0 Å². The van der Waals surface area contributed by atoms with E-state index in [0.29, 0.717) is 0 Å². The normalized spacial score (nSPS) is 15.6. The fourth-order valence-electron chi connectivity index (χ4n) is 3.64. The van der Waals surface area contributed by atoms with Crippen LogP contribution in [0, 0.1) is 0 Å². The van der Waals surface area contributed by atoms with E-state index in [1.807, 2.05) is 24.5 Å². The van der Waals surface area contributed by atoms with Gasteiger partial charge in [-0.3, -0.25) is 9.88 Å². The zero-order valence-corrected chi connectivity index (χ0v) is 15.7. The summed E-state index contributed by atoms with van der Waals surface area (Å²) in [6, 6.07) is 14.8. The van der Waals surface area contributed by atoms with Crippen LogP contribution >= 0.6 is 0 Å². The predicted molar refractivity (Wildman–Crippen MR) is 107 cm³/mol. The lowest BCUT2D eigenvalue weighted by atomic mass is 10.1. The molecule has 0 saturated carbocycles. The van der Waals surface area contributed by atoms with Gasteiger partial charge in [-0.2, -0.15) is 0 Å². The molecule has 1 N–H and O–H groups in total. The van der Waals surface area contributed by atoms with E-state index in [-0.39, 0.29) is 6.04 Å². The first kappa shape index (κ1) is 17.6. The molecule has 1 aliphatic rings. The van der Waals surface area contributed by atoms with Gasteiger partial charge < -0.3 is 5.32 Å². The average molecular weight is 359 g/mol. The average Bonchev–Trinajstić information content (AvgIpc) is 2.93. The largest absolute Gasteiger partial charge is 0.363 e. The highest BCUT2D eigenvalue weighted by Crippen LogP contribution is 2.25. The Labute approximate surface area is 160 Å². The van der Waals surface area contributed by atoms with Gasteiger partial charge in [-0.05, 0) is 30.5 Å². The summed E-state index contributed by atoms with van der Waals surface area (Å²) in [5.41, 5.74) is 4.94. The SMILES string of the molecule is C[C@H](Nc1ncnc2c1CCN(Cc1cccnc1)CC2)c1ccccc1. The van der Waals surface area contributed by atoms with Crippen LogP contribution in [0.1, 0.15) is 35.3 Å². The van der Waals surface area contributed by atoms with Gasteiger partial charge in [0.05, 0.1) is 5.69 Å². The van der Waals surface area contributed by atoms with E-state index in [4.69, 9.17) is 0 Å². The van der Waals surface area contributed by atoms with Crippen LogP contribution in [0.4, 0.5) is 5.82 Å². The van der Waals surface area contributed by atoms with Gasteiger partial charge >= 0.3 is 0 Å². The minimum Gasteiger partial charge on any atom is -0.363 e. The monoisotopic (exact) mass is 359 g/mol. The van der Waals surface area contributed by atoms with Crippen LogP contribution < -0.4 is 5.32 Å². The Kier molecular flexibility index (Phi) is 5.39. The molecule has 1 aliphatic heterocycles. The van der Waals surface area contributed by atoms with Gasteiger partial charge in [-0.15, -0.1) is 0 Å². The second kappa shape index (κ2) is 8.27. The lowest BCUT2D eigenvalue weighted by Gasteiger charge is -2.20. The topological polar surface area (TPSA) is 53.9 Å². The number of nitrogens with zero attached hydrogens (tertiary/aromatic N) is 4. The molecule has 4 rings (SSSR count). The fraction of sp³-hybridized carbons (Fsp3) is 0.318. The molecule has 1 aromatic carbocycles. The second-order valence-corrected chi connectivity index (χ2v) is 7.06. The van der Waals surface area contributed by atoms with Crippen molar-refractivity contribution in [2.45, 2.75) is 32.4 Å². The summed E-state index contributed by atoms with van der Waals surface area (Å²) in [4.78, 5) is 15.8. The van der Waals surface area contributed by atoms with Crippen molar-refractivity contribution < 1.29 is 0 Å². The summed E-state index contributed by atoms with van der Waals surface area (Å²) >= 11 is 0. The van der Waals surface area contributed by atoms with Crippen molar-refractivity contribution >= 4 is 5.82 Å². The number of benzene rings is 1. The number of hydrogen-bond acceptors (Lipinski definition) is 5. The van der Waals surface area contributed by atoms with Crippen molar-refractivity contribution in [3.8, 4) is 0 Å². The number of fused-ring (bicyclic) bond motifs is 1. The summed E-state index contributed by atoms with van der Waals surface area (Å²) in [5, 5.41) is 3.60. The molecule has 27 heavy (non-hydrogen) atoms. The smallest absolute Gasteiger partial charge is 0.133 e. The molecule has 0 fully saturated rings. The quantitative estimate of drug-likeness (QED) is 0.754. The van der Waals surface area contributed by atoms with E-state index in [0.717, 1.165) is 38.3 Å². The van der Waals surface area contributed by atoms with Gasteiger partial charge in [0.1, 0.15) is 12.1 Å². The number of aromatic nitrogens is 3. The van der Waals surface area contributed by atoms with Crippen molar-refractivity contribution in [2.24, 2.45) is 0 Å². The number of rotatable bonds is 5. The molecule has 2 aromatic heterocycles. The Morgan fingerprint density at radius 2 is 1.89 bits per heavy atom. The zero-order valence-electron chi connectivity index (χ0n) is 15.7. The Morgan fingerprint density at radius 3 is 2.70 bits per heavy atom. The second-order valence-electron chi connectivity index (χ2n) is 7.06. The minimum atomic E-state index is 0.208. The van der Waals surface area contributed by atoms with E-state index >= 15 is 0 Å². The van der Waals surface area contributed by atoms with Crippen LogP contribution in [0.5, 0.6) is 0 Å². The molecule has 5 heteroatoms. The third-order valence-corrected chi connectivity index (χ3v) is 5.16. The highest BCUT2D eigenvalue weighted by Gasteiger charge is 2.19. The maximum Gasteiger partial charge on any atom is 0.133 e. The third kappa shape index (κ3) is 4.31. The number of hydrogen-bond donors (Lipinski definition) is 1. The van der Waals surface area contributed by atoms with Crippen molar-refractivity contribution in [3.05, 3.63) is 83.6 Å². The maximum atomic E-state index is 4.57. The molecule has 0 spiro atoms. The van der Waals surface area contributed by atoms with E-state index in [2.05, 4.69) is 62.4 Å². The van der Waals surface area contributed by atoms with Crippen molar-refractivity contribution in [2.75, 3.05) is 18.4 Å². The first-order chi connectivity index (χ1) is 13.3. The number of anilines is 1. The van der Waals surface area contributed by atoms with Crippen LogP contribution in [-0.2, 0) is 19.4 Å². The highest BCUT2D eigenvalue weighted by molar-refractivity contribution is 5.48. The van der Waals surface area contributed by atoms with Gasteiger partial charge in [0.25, 0.3) is 0 Å². The Morgan fingerprint density at radius 1 is 1.04 bits per heavy atom.